The van der Waals surface area contributed by atoms with Crippen LogP contribution in [0.5, 0.6) is 5.75 Å². The minimum Gasteiger partial charge on any atom is -0.507 e. The van der Waals surface area contributed by atoms with Crippen LogP contribution in [-0.2, 0) is 22.0 Å². The first-order chi connectivity index (χ1) is 14.9. The Balaban J connectivity index is 2.71. The molecule has 3 N–H and O–H groups in total. The second kappa shape index (κ2) is 13.3. The lowest BCUT2D eigenvalue weighted by molar-refractivity contribution is -0.122. The number of amides is 1. The van der Waals surface area contributed by atoms with E-state index in [0.717, 1.165) is 30.4 Å². The molecule has 0 bridgehead atoms. The first-order valence-corrected chi connectivity index (χ1v) is 13.0. The lowest BCUT2D eigenvalue weighted by Gasteiger charge is -2.28. The van der Waals surface area contributed by atoms with Crippen molar-refractivity contribution in [2.24, 2.45) is 11.7 Å². The van der Waals surface area contributed by atoms with Crippen LogP contribution in [-0.4, -0.2) is 11.0 Å². The molecule has 1 aromatic carbocycles. The van der Waals surface area contributed by atoms with E-state index in [9.17, 15) is 9.90 Å². The molecule has 32 heavy (non-hydrogen) atoms. The fraction of sp³-hybridized carbons (Fsp3) is 0.759. The Hall–Kier alpha value is -1.51. The van der Waals surface area contributed by atoms with Gasteiger partial charge < -0.3 is 10.8 Å². The van der Waals surface area contributed by atoms with Gasteiger partial charge in [0.2, 0.25) is 5.91 Å². The van der Waals surface area contributed by atoms with Gasteiger partial charge >= 0.3 is 0 Å². The third-order valence-electron chi connectivity index (χ3n) is 6.64. The molecule has 0 saturated heterocycles. The third-order valence-corrected chi connectivity index (χ3v) is 6.64. The third kappa shape index (κ3) is 9.96. The Morgan fingerprint density at radius 3 is 1.78 bits per heavy atom. The highest BCUT2D eigenvalue weighted by Crippen LogP contribution is 2.38. The molecule has 184 valence electrons. The minimum atomic E-state index is -0.251. The molecule has 3 heteroatoms. The number of rotatable bonds is 14. The lowest BCUT2D eigenvalue weighted by atomic mass is 9.77. The molecule has 0 aromatic heterocycles. The van der Waals surface area contributed by atoms with Crippen LogP contribution < -0.4 is 5.73 Å². The smallest absolute Gasteiger partial charge is 0.220 e. The molecule has 0 radical (unpaired) electrons. The fourth-order valence-electron chi connectivity index (χ4n) is 4.34. The Labute approximate surface area is 198 Å². The average molecular weight is 446 g/mol. The standard InChI is InChI=1S/C29H51NO2/c1-8-9-10-11-12-13-14-15-16-17-18-22(27(30)32)19-23-20-24(28(2,3)4)21-25(26(23)31)29(5,6)7/h20-22,31H,8-19H2,1-7H3,(H2,30,32). The van der Waals surface area contributed by atoms with Crippen molar-refractivity contribution in [3.63, 3.8) is 0 Å². The Morgan fingerprint density at radius 1 is 0.844 bits per heavy atom. The number of primary amides is 1. The maximum atomic E-state index is 12.2. The predicted octanol–water partition coefficient (Wildman–Crippen LogP) is 7.94. The second-order valence-corrected chi connectivity index (χ2v) is 11.8. The van der Waals surface area contributed by atoms with E-state index in [1.165, 1.54) is 56.9 Å². The summed E-state index contributed by atoms with van der Waals surface area (Å²) in [5, 5.41) is 11.0. The van der Waals surface area contributed by atoms with Crippen molar-refractivity contribution in [1.29, 1.82) is 0 Å². The highest BCUT2D eigenvalue weighted by Gasteiger charge is 2.27. The van der Waals surface area contributed by atoms with Gasteiger partial charge in [0, 0.05) is 5.92 Å². The van der Waals surface area contributed by atoms with Gasteiger partial charge in [0.15, 0.2) is 0 Å². The number of phenolic OH excluding ortho intramolecular Hbond substituents is 1. The Bertz CT molecular complexity index is 694. The van der Waals surface area contributed by atoms with Crippen LogP contribution in [0.25, 0.3) is 0 Å². The average Bonchev–Trinajstić information content (AvgIpc) is 2.67. The summed E-state index contributed by atoms with van der Waals surface area (Å²) in [7, 11) is 0. The molecular formula is C29H51NO2. The van der Waals surface area contributed by atoms with Crippen molar-refractivity contribution in [3.05, 3.63) is 28.8 Å². The molecule has 0 aliphatic heterocycles. The predicted molar refractivity (Wildman–Crippen MR) is 138 cm³/mol. The summed E-state index contributed by atoms with van der Waals surface area (Å²) in [6.45, 7) is 15.2. The summed E-state index contributed by atoms with van der Waals surface area (Å²) < 4.78 is 0. The number of hydrogen-bond acceptors (Lipinski definition) is 2. The largest absolute Gasteiger partial charge is 0.507 e. The van der Waals surface area contributed by atoms with Crippen LogP contribution in [0.2, 0.25) is 0 Å². The molecule has 0 aliphatic carbocycles. The molecule has 1 aromatic rings. The molecule has 1 unspecified atom stereocenters. The topological polar surface area (TPSA) is 63.3 Å². The van der Waals surface area contributed by atoms with E-state index >= 15 is 0 Å². The van der Waals surface area contributed by atoms with Gasteiger partial charge in [-0.25, -0.2) is 0 Å². The number of benzene rings is 1. The van der Waals surface area contributed by atoms with E-state index in [2.05, 4.69) is 60.6 Å². The van der Waals surface area contributed by atoms with Gasteiger partial charge in [0.25, 0.3) is 0 Å². The molecule has 0 aliphatic rings. The van der Waals surface area contributed by atoms with E-state index in [1.54, 1.807) is 0 Å². The maximum absolute atomic E-state index is 12.2. The van der Waals surface area contributed by atoms with Crippen LogP contribution in [0.15, 0.2) is 12.1 Å². The summed E-state index contributed by atoms with van der Waals surface area (Å²) in [5.41, 5.74) is 8.59. The number of carbonyl (C=O) groups is 1. The van der Waals surface area contributed by atoms with Crippen molar-refractivity contribution in [1.82, 2.24) is 0 Å². The summed E-state index contributed by atoms with van der Waals surface area (Å²) in [5.74, 6) is -0.142. The monoisotopic (exact) mass is 445 g/mol. The SMILES string of the molecule is CCCCCCCCCCCCC(Cc1cc(C(C)(C)C)cc(C(C)(C)C)c1O)C(N)=O. The minimum absolute atomic E-state index is 0.0266. The van der Waals surface area contributed by atoms with E-state index in [0.29, 0.717) is 12.2 Å². The number of nitrogens with two attached hydrogens (primary N) is 1. The maximum Gasteiger partial charge on any atom is 0.220 e. The van der Waals surface area contributed by atoms with Crippen LogP contribution in [0.1, 0.15) is 136 Å². The number of unbranched alkanes of at least 4 members (excludes halogenated alkanes) is 9. The first-order valence-electron chi connectivity index (χ1n) is 13.0. The van der Waals surface area contributed by atoms with Gasteiger partial charge in [0.1, 0.15) is 5.75 Å². The normalized spacial score (nSPS) is 13.3. The number of hydrogen-bond donors (Lipinski definition) is 2. The van der Waals surface area contributed by atoms with E-state index in [4.69, 9.17) is 5.73 Å². The molecule has 0 spiro atoms. The molecular weight excluding hydrogens is 394 g/mol. The molecule has 1 rings (SSSR count). The highest BCUT2D eigenvalue weighted by atomic mass is 16.3. The van der Waals surface area contributed by atoms with Crippen LogP contribution in [0.4, 0.5) is 0 Å². The molecule has 1 amide bonds. The van der Waals surface area contributed by atoms with Gasteiger partial charge in [0.05, 0.1) is 0 Å². The summed E-state index contributed by atoms with van der Waals surface area (Å²) in [4.78, 5) is 12.2. The van der Waals surface area contributed by atoms with Crippen molar-refractivity contribution >= 4 is 5.91 Å². The highest BCUT2D eigenvalue weighted by molar-refractivity contribution is 5.77. The number of aromatic hydroxyl groups is 1. The zero-order chi connectivity index (χ0) is 24.4. The molecule has 3 nitrogen and oxygen atoms in total. The van der Waals surface area contributed by atoms with Gasteiger partial charge in [-0.15, -0.1) is 0 Å². The number of phenols is 1. The van der Waals surface area contributed by atoms with E-state index in [1.807, 2.05) is 0 Å². The van der Waals surface area contributed by atoms with Gasteiger partial charge in [-0.05, 0) is 40.4 Å². The zero-order valence-corrected chi connectivity index (χ0v) is 22.2. The van der Waals surface area contributed by atoms with E-state index in [-0.39, 0.29) is 22.7 Å². The fourth-order valence-corrected chi connectivity index (χ4v) is 4.34. The van der Waals surface area contributed by atoms with Crippen LogP contribution in [0.3, 0.4) is 0 Å². The second-order valence-electron chi connectivity index (χ2n) is 11.8. The Morgan fingerprint density at radius 2 is 1.34 bits per heavy atom. The molecule has 0 heterocycles. The lowest BCUT2D eigenvalue weighted by Crippen LogP contribution is -2.26. The number of carbonyl (C=O) groups excluding carboxylic acids is 1. The summed E-state index contributed by atoms with van der Waals surface area (Å²) in [6, 6.07) is 4.21. The van der Waals surface area contributed by atoms with Crippen molar-refractivity contribution in [2.75, 3.05) is 0 Å². The van der Waals surface area contributed by atoms with Crippen molar-refractivity contribution in [2.45, 2.75) is 136 Å². The van der Waals surface area contributed by atoms with Crippen LogP contribution >= 0.6 is 0 Å². The van der Waals surface area contributed by atoms with Crippen LogP contribution in [0, 0.1) is 5.92 Å². The van der Waals surface area contributed by atoms with Crippen molar-refractivity contribution < 1.29 is 9.90 Å². The molecule has 1 atom stereocenters. The molecule has 0 saturated carbocycles. The Kier molecular flexibility index (Phi) is 11.8. The van der Waals surface area contributed by atoms with Gasteiger partial charge in [-0.3, -0.25) is 4.79 Å². The van der Waals surface area contributed by atoms with Gasteiger partial charge in [-0.2, -0.15) is 0 Å². The zero-order valence-electron chi connectivity index (χ0n) is 22.2. The summed E-state index contributed by atoms with van der Waals surface area (Å²) in [6.07, 6.45) is 14.1. The van der Waals surface area contributed by atoms with E-state index < -0.39 is 0 Å². The van der Waals surface area contributed by atoms with Gasteiger partial charge in [-0.1, -0.05) is 125 Å². The first kappa shape index (κ1) is 28.5. The summed E-state index contributed by atoms with van der Waals surface area (Å²) >= 11 is 0. The quantitative estimate of drug-likeness (QED) is 0.285. The van der Waals surface area contributed by atoms with Crippen molar-refractivity contribution in [3.8, 4) is 5.75 Å². The molecule has 0 fully saturated rings.